The van der Waals surface area contributed by atoms with Crippen molar-refractivity contribution in [2.75, 3.05) is 37.1 Å². The molecule has 1 aliphatic carbocycles. The van der Waals surface area contributed by atoms with E-state index in [0.29, 0.717) is 38.7 Å². The molecule has 1 aliphatic rings. The molecule has 1 aromatic carbocycles. The number of aromatic nitrogens is 3. The number of ether oxygens (including phenoxy) is 2. The van der Waals surface area contributed by atoms with E-state index >= 15 is 0 Å². The number of rotatable bonds is 12. The minimum absolute atomic E-state index is 0.0361. The third-order valence-corrected chi connectivity index (χ3v) is 6.24. The molecule has 10 nitrogen and oxygen atoms in total. The first-order valence-corrected chi connectivity index (χ1v) is 12.4. The average Bonchev–Trinajstić information content (AvgIpc) is 3.26. The molecule has 6 N–H and O–H groups in total. The van der Waals surface area contributed by atoms with Crippen molar-refractivity contribution < 1.29 is 18.7 Å². The van der Waals surface area contributed by atoms with E-state index < -0.39 is 11.7 Å². The molecule has 1 fully saturated rings. The molecule has 1 unspecified atom stereocenters. The second-order valence-electron chi connectivity index (χ2n) is 8.88. The normalized spacial score (nSPS) is 17.9. The van der Waals surface area contributed by atoms with Crippen LogP contribution >= 0.6 is 0 Å². The van der Waals surface area contributed by atoms with Crippen molar-refractivity contribution in [3.05, 3.63) is 41.8 Å². The third-order valence-electron chi connectivity index (χ3n) is 6.24. The van der Waals surface area contributed by atoms with Gasteiger partial charge in [-0.15, -0.1) is 0 Å². The summed E-state index contributed by atoms with van der Waals surface area (Å²) in [7, 11) is 0. The minimum atomic E-state index is -0.775. The number of nitrogens with two attached hydrogens (primary N) is 2. The zero-order valence-electron chi connectivity index (χ0n) is 20.5. The number of primary amides is 1. The maximum absolute atomic E-state index is 14.8. The van der Waals surface area contributed by atoms with E-state index in [1.165, 1.54) is 0 Å². The van der Waals surface area contributed by atoms with Crippen LogP contribution in [0.2, 0.25) is 0 Å². The highest BCUT2D eigenvalue weighted by molar-refractivity contribution is 5.99. The first-order valence-electron chi connectivity index (χ1n) is 12.4. The number of benzene rings is 1. The molecule has 1 amide bonds. The molecule has 0 saturated heterocycles. The monoisotopic (exact) mass is 499 g/mol. The number of carbonyl (C=O) groups excluding carboxylic acids is 1. The van der Waals surface area contributed by atoms with Gasteiger partial charge in [0.05, 0.1) is 37.4 Å². The van der Waals surface area contributed by atoms with E-state index in [-0.39, 0.29) is 29.3 Å². The number of hydrogen-bond donors (Lipinski definition) is 4. The van der Waals surface area contributed by atoms with Crippen LogP contribution in [-0.4, -0.2) is 59.2 Å². The van der Waals surface area contributed by atoms with E-state index in [1.807, 2.05) is 36.0 Å². The molecular weight excluding hydrogens is 465 g/mol. The lowest BCUT2D eigenvalue weighted by molar-refractivity contribution is 0.0488. The summed E-state index contributed by atoms with van der Waals surface area (Å²) in [6.45, 7) is 4.86. The Balaban J connectivity index is 1.49. The zero-order chi connectivity index (χ0) is 25.5. The Morgan fingerprint density at radius 2 is 1.97 bits per heavy atom. The smallest absolute Gasteiger partial charge is 0.252 e. The summed E-state index contributed by atoms with van der Waals surface area (Å²) in [5.41, 5.74) is 13.2. The SMILES string of the molecule is CCOCCOCCn1cc2cc(Nc3nc(NC4CCCC[C@@H]4N)c(F)cc3C(N)=O)ccc2n1. The Labute approximate surface area is 209 Å². The minimum Gasteiger partial charge on any atom is -0.379 e. The Hall–Kier alpha value is -3.28. The highest BCUT2D eigenvalue weighted by Gasteiger charge is 2.24. The van der Waals surface area contributed by atoms with Crippen LogP contribution in [0.5, 0.6) is 0 Å². The number of fused-ring (bicyclic) bond motifs is 1. The number of nitrogens with zero attached hydrogens (tertiary/aromatic N) is 3. The van der Waals surface area contributed by atoms with Gasteiger partial charge in [-0.25, -0.2) is 9.37 Å². The average molecular weight is 500 g/mol. The summed E-state index contributed by atoms with van der Waals surface area (Å²) in [5.74, 6) is -1.20. The standard InChI is InChI=1S/C25H34FN7O3/c1-2-35-11-12-36-10-9-33-15-16-13-17(7-8-21(16)32-33)29-24-18(23(28)34)14-19(26)25(31-24)30-22-6-4-3-5-20(22)27/h7-8,13-15,20,22H,2-6,9-12,27H2,1H3,(H2,28,34)(H2,29,30,31)/t20-,22?/m0/s1. The number of nitrogens with one attached hydrogen (secondary N) is 2. The van der Waals surface area contributed by atoms with Crippen LogP contribution in [0.4, 0.5) is 21.7 Å². The molecule has 0 spiro atoms. The van der Waals surface area contributed by atoms with E-state index in [2.05, 4.69) is 20.7 Å². The Morgan fingerprint density at radius 3 is 2.75 bits per heavy atom. The van der Waals surface area contributed by atoms with Crippen LogP contribution < -0.4 is 22.1 Å². The van der Waals surface area contributed by atoms with Gasteiger partial charge in [0, 0.05) is 36.0 Å². The number of pyridine rings is 1. The van der Waals surface area contributed by atoms with Gasteiger partial charge in [0.15, 0.2) is 11.6 Å². The lowest BCUT2D eigenvalue weighted by Crippen LogP contribution is -2.43. The van der Waals surface area contributed by atoms with Crippen molar-refractivity contribution in [3.8, 4) is 0 Å². The second-order valence-corrected chi connectivity index (χ2v) is 8.88. The summed E-state index contributed by atoms with van der Waals surface area (Å²) < 4.78 is 27.4. The molecule has 2 heterocycles. The summed E-state index contributed by atoms with van der Waals surface area (Å²) in [6, 6.07) is 6.50. The van der Waals surface area contributed by atoms with Gasteiger partial charge in [-0.1, -0.05) is 12.8 Å². The van der Waals surface area contributed by atoms with Gasteiger partial charge >= 0.3 is 0 Å². The van der Waals surface area contributed by atoms with Crippen LogP contribution in [-0.2, 0) is 16.0 Å². The highest BCUT2D eigenvalue weighted by Crippen LogP contribution is 2.28. The maximum Gasteiger partial charge on any atom is 0.252 e. The fraction of sp³-hybridized carbons (Fsp3) is 0.480. The van der Waals surface area contributed by atoms with Crippen LogP contribution in [0, 0.1) is 5.82 Å². The van der Waals surface area contributed by atoms with E-state index in [4.69, 9.17) is 20.9 Å². The van der Waals surface area contributed by atoms with Crippen LogP contribution in [0.1, 0.15) is 43.0 Å². The molecule has 11 heteroatoms. The molecule has 2 aromatic heterocycles. The van der Waals surface area contributed by atoms with Crippen LogP contribution in [0.25, 0.3) is 10.9 Å². The highest BCUT2D eigenvalue weighted by atomic mass is 19.1. The number of carbonyl (C=O) groups is 1. The van der Waals surface area contributed by atoms with Gasteiger partial charge < -0.3 is 31.6 Å². The second kappa shape index (κ2) is 12.1. The van der Waals surface area contributed by atoms with Gasteiger partial charge in [0.2, 0.25) is 0 Å². The van der Waals surface area contributed by atoms with E-state index in [0.717, 1.165) is 42.7 Å². The molecule has 0 aliphatic heterocycles. The lowest BCUT2D eigenvalue weighted by atomic mass is 9.91. The topological polar surface area (TPSA) is 142 Å². The molecular formula is C25H34FN7O3. The molecule has 194 valence electrons. The molecule has 2 atom stereocenters. The van der Waals surface area contributed by atoms with Gasteiger partial charge in [0.1, 0.15) is 5.82 Å². The molecule has 1 saturated carbocycles. The largest absolute Gasteiger partial charge is 0.379 e. The van der Waals surface area contributed by atoms with Gasteiger partial charge in [-0.2, -0.15) is 5.10 Å². The predicted octanol–water partition coefficient (Wildman–Crippen LogP) is 3.15. The van der Waals surface area contributed by atoms with E-state index in [9.17, 15) is 9.18 Å². The van der Waals surface area contributed by atoms with Crippen molar-refractivity contribution >= 4 is 34.1 Å². The number of hydrogen-bond acceptors (Lipinski definition) is 8. The first kappa shape index (κ1) is 25.8. The van der Waals surface area contributed by atoms with Gasteiger partial charge in [-0.05, 0) is 44.0 Å². The summed E-state index contributed by atoms with van der Waals surface area (Å²) in [4.78, 5) is 16.4. The summed E-state index contributed by atoms with van der Waals surface area (Å²) in [5, 5.41) is 11.7. The Bertz CT molecular complexity index is 1190. The first-order chi connectivity index (χ1) is 17.4. The van der Waals surface area contributed by atoms with Gasteiger partial charge in [-0.3, -0.25) is 9.48 Å². The zero-order valence-corrected chi connectivity index (χ0v) is 20.5. The van der Waals surface area contributed by atoms with Gasteiger partial charge in [0.25, 0.3) is 5.91 Å². The lowest BCUT2D eigenvalue weighted by Gasteiger charge is -2.30. The van der Waals surface area contributed by atoms with Crippen molar-refractivity contribution in [1.29, 1.82) is 0 Å². The molecule has 0 radical (unpaired) electrons. The maximum atomic E-state index is 14.8. The van der Waals surface area contributed by atoms with Crippen LogP contribution in [0.15, 0.2) is 30.5 Å². The number of amides is 1. The quantitative estimate of drug-likeness (QED) is 0.278. The third kappa shape index (κ3) is 6.48. The van der Waals surface area contributed by atoms with Crippen molar-refractivity contribution in [3.63, 3.8) is 0 Å². The predicted molar refractivity (Wildman–Crippen MR) is 137 cm³/mol. The Morgan fingerprint density at radius 1 is 1.17 bits per heavy atom. The number of halogens is 1. The fourth-order valence-corrected chi connectivity index (χ4v) is 4.32. The van der Waals surface area contributed by atoms with Crippen molar-refractivity contribution in [2.24, 2.45) is 11.5 Å². The van der Waals surface area contributed by atoms with Crippen LogP contribution in [0.3, 0.4) is 0 Å². The van der Waals surface area contributed by atoms with E-state index in [1.54, 1.807) is 0 Å². The van der Waals surface area contributed by atoms with Crippen molar-refractivity contribution in [2.45, 2.75) is 51.2 Å². The summed E-state index contributed by atoms with van der Waals surface area (Å²) >= 11 is 0. The molecule has 0 bridgehead atoms. The molecule has 36 heavy (non-hydrogen) atoms. The van der Waals surface area contributed by atoms with Crippen molar-refractivity contribution in [1.82, 2.24) is 14.8 Å². The molecule has 3 aromatic rings. The Kier molecular flexibility index (Phi) is 8.68. The summed E-state index contributed by atoms with van der Waals surface area (Å²) in [6.07, 6.45) is 5.70. The fourth-order valence-electron chi connectivity index (χ4n) is 4.32. The number of anilines is 3. The molecule has 4 rings (SSSR count).